The minimum Gasteiger partial charge on any atom is -0.489 e. The molecule has 3 aliphatic heterocycles. The molecule has 1 aromatic heterocycles. The van der Waals surface area contributed by atoms with E-state index in [-0.39, 0.29) is 24.3 Å². The van der Waals surface area contributed by atoms with E-state index in [1.165, 1.54) is 42.3 Å². The van der Waals surface area contributed by atoms with E-state index in [1.54, 1.807) is 18.1 Å². The van der Waals surface area contributed by atoms with Crippen LogP contribution in [-0.4, -0.2) is 71.5 Å². The van der Waals surface area contributed by atoms with Gasteiger partial charge in [-0.15, -0.1) is 0 Å². The number of pyridine rings is 1. The number of imide groups is 1. The van der Waals surface area contributed by atoms with Crippen LogP contribution in [0.3, 0.4) is 0 Å². The van der Waals surface area contributed by atoms with Gasteiger partial charge >= 0.3 is 0 Å². The molecule has 3 aromatic rings. The molecule has 7 rings (SSSR count). The Morgan fingerprint density at radius 1 is 0.977 bits per heavy atom. The number of piperidine rings is 1. The Morgan fingerprint density at radius 3 is 2.73 bits per heavy atom. The molecule has 1 aliphatic carbocycles. The molecule has 4 aliphatic rings. The first-order chi connectivity index (χ1) is 21.4. The molecule has 9 heteroatoms. The lowest BCUT2D eigenvalue weighted by atomic mass is 9.77. The third-order valence-corrected chi connectivity index (χ3v) is 9.88. The van der Waals surface area contributed by atoms with E-state index in [1.807, 2.05) is 12.1 Å². The second kappa shape index (κ2) is 12.3. The molecule has 0 spiro atoms. The largest absolute Gasteiger partial charge is 0.489 e. The third kappa shape index (κ3) is 5.83. The molecular formula is C35H40N4O5. The van der Waals surface area contributed by atoms with E-state index >= 15 is 0 Å². The van der Waals surface area contributed by atoms with Gasteiger partial charge in [-0.1, -0.05) is 25.0 Å². The molecule has 0 radical (unpaired) electrons. The number of nitrogens with one attached hydrogen (secondary N) is 1. The fourth-order valence-corrected chi connectivity index (χ4v) is 7.62. The monoisotopic (exact) mass is 596 g/mol. The first kappa shape index (κ1) is 28.9. The van der Waals surface area contributed by atoms with Crippen LogP contribution < -0.4 is 10.1 Å². The zero-order valence-corrected chi connectivity index (χ0v) is 25.3. The van der Waals surface area contributed by atoms with Crippen molar-refractivity contribution >= 4 is 28.6 Å². The summed E-state index contributed by atoms with van der Waals surface area (Å²) >= 11 is 0. The molecule has 44 heavy (non-hydrogen) atoms. The number of likely N-dealkylation sites (tertiary alicyclic amines) is 1. The molecule has 1 N–H and O–H groups in total. The van der Waals surface area contributed by atoms with Crippen LogP contribution in [0, 0.1) is 5.92 Å². The summed E-state index contributed by atoms with van der Waals surface area (Å²) in [4.78, 5) is 46.0. The molecule has 3 amide bonds. The Labute approximate surface area is 257 Å². The highest BCUT2D eigenvalue weighted by Crippen LogP contribution is 2.38. The van der Waals surface area contributed by atoms with Gasteiger partial charge in [-0.05, 0) is 79.1 Å². The smallest absolute Gasteiger partial charge is 0.255 e. The van der Waals surface area contributed by atoms with Crippen molar-refractivity contribution in [3.05, 3.63) is 70.9 Å². The SMILES string of the molecule is COC[C@@H]1CCCC[C@H]1c1ccc2cc(CN3CC[C@H](Oc4ccc5c(c4)CN(C4CCC(=O)NC4=O)C5=O)C3)ccc2n1. The maximum absolute atomic E-state index is 13.0. The van der Waals surface area contributed by atoms with E-state index in [0.29, 0.717) is 30.4 Å². The molecule has 1 saturated carbocycles. The highest BCUT2D eigenvalue weighted by atomic mass is 16.5. The minimum atomic E-state index is -0.613. The lowest BCUT2D eigenvalue weighted by molar-refractivity contribution is -0.136. The number of hydrogen-bond donors (Lipinski definition) is 1. The second-order valence-electron chi connectivity index (χ2n) is 12.9. The van der Waals surface area contributed by atoms with Gasteiger partial charge in [-0.3, -0.25) is 29.6 Å². The Balaban J connectivity index is 0.958. The van der Waals surface area contributed by atoms with Gasteiger partial charge in [0.25, 0.3) is 5.91 Å². The quantitative estimate of drug-likeness (QED) is 0.380. The Kier molecular flexibility index (Phi) is 8.08. The topological polar surface area (TPSA) is 101 Å². The van der Waals surface area contributed by atoms with Crippen molar-refractivity contribution in [2.24, 2.45) is 5.92 Å². The Hall–Kier alpha value is -3.82. The van der Waals surface area contributed by atoms with E-state index in [4.69, 9.17) is 14.5 Å². The van der Waals surface area contributed by atoms with Crippen LogP contribution in [-0.2, 0) is 27.4 Å². The summed E-state index contributed by atoms with van der Waals surface area (Å²) in [5.74, 6) is 0.924. The predicted octanol–water partition coefficient (Wildman–Crippen LogP) is 4.57. The van der Waals surface area contributed by atoms with Crippen LogP contribution in [0.2, 0.25) is 0 Å². The third-order valence-electron chi connectivity index (χ3n) is 9.88. The number of carbonyl (C=O) groups is 3. The van der Waals surface area contributed by atoms with Gasteiger partial charge in [-0.25, -0.2) is 0 Å². The lowest BCUT2D eigenvalue weighted by Crippen LogP contribution is -2.52. The summed E-state index contributed by atoms with van der Waals surface area (Å²) in [5.41, 5.74) is 4.99. The van der Waals surface area contributed by atoms with Gasteiger partial charge in [0.15, 0.2) is 0 Å². The van der Waals surface area contributed by atoms with Crippen molar-refractivity contribution in [3.63, 3.8) is 0 Å². The van der Waals surface area contributed by atoms with Gasteiger partial charge in [0.2, 0.25) is 11.8 Å². The zero-order valence-electron chi connectivity index (χ0n) is 25.3. The minimum absolute atomic E-state index is 0.0663. The highest BCUT2D eigenvalue weighted by Gasteiger charge is 2.39. The standard InChI is InChI=1S/C35H40N4O5/c1-43-21-24-4-2-3-5-28(24)31-11-7-23-16-22(6-10-30(23)36-31)18-38-15-14-27(20-38)44-26-8-9-29-25(17-26)19-39(35(29)42)32-12-13-33(40)37-34(32)41/h6-11,16-17,24,27-28,32H,2-5,12-15,18-21H2,1H3,(H,37,40,41)/t24-,27-,28+,32?/m0/s1. The van der Waals surface area contributed by atoms with Crippen molar-refractivity contribution in [2.45, 2.75) is 76.1 Å². The molecule has 3 fully saturated rings. The average Bonchev–Trinajstić information content (AvgIpc) is 3.60. The number of ether oxygens (including phenoxy) is 2. The normalized spacial score (nSPS) is 25.8. The average molecular weight is 597 g/mol. The van der Waals surface area contributed by atoms with Crippen molar-refractivity contribution in [3.8, 4) is 5.75 Å². The molecule has 4 heterocycles. The van der Waals surface area contributed by atoms with Gasteiger partial charge in [0, 0.05) is 68.9 Å². The summed E-state index contributed by atoms with van der Waals surface area (Å²) in [7, 11) is 1.80. The molecule has 0 bridgehead atoms. The number of fused-ring (bicyclic) bond motifs is 2. The summed E-state index contributed by atoms with van der Waals surface area (Å²) in [6, 6.07) is 16.0. The number of aromatic nitrogens is 1. The lowest BCUT2D eigenvalue weighted by Gasteiger charge is -2.30. The van der Waals surface area contributed by atoms with Crippen LogP contribution in [0.5, 0.6) is 5.75 Å². The van der Waals surface area contributed by atoms with Crippen LogP contribution in [0.15, 0.2) is 48.5 Å². The maximum Gasteiger partial charge on any atom is 0.255 e. The van der Waals surface area contributed by atoms with Gasteiger partial charge in [-0.2, -0.15) is 0 Å². The van der Waals surface area contributed by atoms with E-state index in [0.717, 1.165) is 49.5 Å². The van der Waals surface area contributed by atoms with Crippen molar-refractivity contribution in [2.75, 3.05) is 26.8 Å². The fourth-order valence-electron chi connectivity index (χ4n) is 7.62. The molecule has 2 aromatic carbocycles. The van der Waals surface area contributed by atoms with E-state index in [9.17, 15) is 14.4 Å². The molecular weight excluding hydrogens is 556 g/mol. The van der Waals surface area contributed by atoms with Crippen LogP contribution in [0.25, 0.3) is 10.9 Å². The highest BCUT2D eigenvalue weighted by molar-refractivity contribution is 6.05. The number of amides is 3. The number of rotatable bonds is 8. The maximum atomic E-state index is 13.0. The number of carbonyl (C=O) groups excluding carboxylic acids is 3. The first-order valence-electron chi connectivity index (χ1n) is 16.0. The Morgan fingerprint density at radius 2 is 1.86 bits per heavy atom. The molecule has 230 valence electrons. The van der Waals surface area contributed by atoms with Gasteiger partial charge in [0.05, 0.1) is 5.52 Å². The van der Waals surface area contributed by atoms with Gasteiger partial charge < -0.3 is 14.4 Å². The molecule has 9 nitrogen and oxygen atoms in total. The van der Waals surface area contributed by atoms with Crippen molar-refractivity contribution in [1.29, 1.82) is 0 Å². The number of nitrogens with zero attached hydrogens (tertiary/aromatic N) is 3. The van der Waals surface area contributed by atoms with Crippen molar-refractivity contribution in [1.82, 2.24) is 20.1 Å². The number of benzene rings is 2. The molecule has 4 atom stereocenters. The summed E-state index contributed by atoms with van der Waals surface area (Å²) < 4.78 is 11.9. The summed E-state index contributed by atoms with van der Waals surface area (Å²) in [6.45, 7) is 3.79. The number of methoxy groups -OCH3 is 1. The van der Waals surface area contributed by atoms with Crippen molar-refractivity contribution < 1.29 is 23.9 Å². The summed E-state index contributed by atoms with van der Waals surface area (Å²) in [5, 5.41) is 3.53. The second-order valence-corrected chi connectivity index (χ2v) is 12.9. The Bertz CT molecular complexity index is 1590. The molecule has 2 saturated heterocycles. The van der Waals surface area contributed by atoms with Crippen LogP contribution in [0.1, 0.15) is 78.0 Å². The van der Waals surface area contributed by atoms with Crippen LogP contribution >= 0.6 is 0 Å². The van der Waals surface area contributed by atoms with Gasteiger partial charge in [0.1, 0.15) is 17.9 Å². The molecule has 1 unspecified atom stereocenters. The van der Waals surface area contributed by atoms with Crippen LogP contribution in [0.4, 0.5) is 0 Å². The predicted molar refractivity (Wildman–Crippen MR) is 165 cm³/mol. The van der Waals surface area contributed by atoms with E-state index in [2.05, 4.69) is 40.5 Å². The summed E-state index contributed by atoms with van der Waals surface area (Å²) in [6.07, 6.45) is 6.55. The number of hydrogen-bond acceptors (Lipinski definition) is 7. The fraction of sp³-hybridized carbons (Fsp3) is 0.486. The van der Waals surface area contributed by atoms with E-state index < -0.39 is 11.9 Å². The zero-order chi connectivity index (χ0) is 30.2. The first-order valence-corrected chi connectivity index (χ1v) is 16.0.